The van der Waals surface area contributed by atoms with Gasteiger partial charge in [-0.2, -0.15) is 4.98 Å². The molecule has 7 heteroatoms. The molecule has 1 unspecified atom stereocenters. The second kappa shape index (κ2) is 9.30. The van der Waals surface area contributed by atoms with Gasteiger partial charge in [0.05, 0.1) is 0 Å². The molecule has 0 aliphatic rings. The van der Waals surface area contributed by atoms with Crippen LogP contribution in [0.15, 0.2) is 53.1 Å². The number of aryl methyl sites for hydroxylation is 1. The van der Waals surface area contributed by atoms with E-state index in [-0.39, 0.29) is 24.4 Å². The number of hydrogen-bond acceptors (Lipinski definition) is 5. The molecular formula is C20H23ClN4O2. The third-order valence-corrected chi connectivity index (χ3v) is 4.22. The number of likely N-dealkylation sites (N-methyl/N-ethyl adjacent to an activating group) is 1. The van der Waals surface area contributed by atoms with E-state index in [0.29, 0.717) is 23.7 Å². The topological polar surface area (TPSA) is 80.0 Å². The molecule has 0 radical (unpaired) electrons. The predicted molar refractivity (Wildman–Crippen MR) is 108 cm³/mol. The molecule has 27 heavy (non-hydrogen) atoms. The van der Waals surface area contributed by atoms with Crippen LogP contribution in [0, 0.1) is 6.92 Å². The quantitative estimate of drug-likeness (QED) is 0.672. The smallest absolute Gasteiger partial charge is 0.257 e. The van der Waals surface area contributed by atoms with E-state index >= 15 is 0 Å². The number of nitrogens with one attached hydrogen (secondary N) is 2. The van der Waals surface area contributed by atoms with Gasteiger partial charge in [-0.25, -0.2) is 0 Å². The van der Waals surface area contributed by atoms with Gasteiger partial charge in [0.1, 0.15) is 0 Å². The van der Waals surface area contributed by atoms with Crippen LogP contribution in [-0.4, -0.2) is 29.1 Å². The Kier molecular flexibility index (Phi) is 7.10. The van der Waals surface area contributed by atoms with E-state index in [2.05, 4.69) is 27.7 Å². The number of amides is 1. The SMILES string of the molecule is CNC(C)Cc1noc(-c2ccc(C)c(NC(=O)c3ccccc3)c2)n1.Cl. The maximum Gasteiger partial charge on any atom is 0.257 e. The van der Waals surface area contributed by atoms with E-state index < -0.39 is 0 Å². The molecule has 0 aliphatic carbocycles. The molecule has 3 aromatic rings. The van der Waals surface area contributed by atoms with Crippen molar-refractivity contribution in [3.05, 3.63) is 65.5 Å². The monoisotopic (exact) mass is 386 g/mol. The lowest BCUT2D eigenvalue weighted by molar-refractivity contribution is 0.102. The molecule has 0 fully saturated rings. The molecule has 2 N–H and O–H groups in total. The molecule has 1 amide bonds. The van der Waals surface area contributed by atoms with Gasteiger partial charge in [0.25, 0.3) is 11.8 Å². The summed E-state index contributed by atoms with van der Waals surface area (Å²) in [6, 6.07) is 15.1. The van der Waals surface area contributed by atoms with Gasteiger partial charge in [0.15, 0.2) is 5.82 Å². The van der Waals surface area contributed by atoms with E-state index in [9.17, 15) is 4.79 Å². The highest BCUT2D eigenvalue weighted by Crippen LogP contribution is 2.25. The fourth-order valence-electron chi connectivity index (χ4n) is 2.50. The van der Waals surface area contributed by atoms with Crippen molar-refractivity contribution in [2.45, 2.75) is 26.3 Å². The lowest BCUT2D eigenvalue weighted by Gasteiger charge is -2.09. The van der Waals surface area contributed by atoms with Gasteiger partial charge in [0.2, 0.25) is 0 Å². The number of carbonyl (C=O) groups excluding carboxylic acids is 1. The minimum atomic E-state index is -0.153. The Labute approximate surface area is 164 Å². The van der Waals surface area contributed by atoms with Crippen molar-refractivity contribution in [1.82, 2.24) is 15.5 Å². The van der Waals surface area contributed by atoms with Crippen LogP contribution in [-0.2, 0) is 6.42 Å². The van der Waals surface area contributed by atoms with Crippen molar-refractivity contribution in [1.29, 1.82) is 0 Å². The summed E-state index contributed by atoms with van der Waals surface area (Å²) in [5, 5.41) is 10.1. The van der Waals surface area contributed by atoms with Gasteiger partial charge in [-0.15, -0.1) is 12.4 Å². The first-order valence-electron chi connectivity index (χ1n) is 8.54. The standard InChI is InChI=1S/C20H22N4O2.ClH/c1-13-9-10-16(20-23-18(24-26-20)11-14(2)21-3)12-17(13)22-19(25)15-7-5-4-6-8-15;/h4-10,12,14,21H,11H2,1-3H3,(H,22,25);1H. The van der Waals surface area contributed by atoms with E-state index in [1.165, 1.54) is 0 Å². The van der Waals surface area contributed by atoms with Crippen LogP contribution in [0.2, 0.25) is 0 Å². The molecule has 1 heterocycles. The van der Waals surface area contributed by atoms with Crippen molar-refractivity contribution >= 4 is 24.0 Å². The van der Waals surface area contributed by atoms with E-state index in [4.69, 9.17) is 4.52 Å². The minimum Gasteiger partial charge on any atom is -0.334 e. The van der Waals surface area contributed by atoms with Gasteiger partial charge in [0, 0.05) is 29.3 Å². The predicted octanol–water partition coefficient (Wildman–Crippen LogP) is 3.87. The molecule has 2 aromatic carbocycles. The lowest BCUT2D eigenvalue weighted by atomic mass is 10.1. The third-order valence-electron chi connectivity index (χ3n) is 4.22. The van der Waals surface area contributed by atoms with Crippen LogP contribution in [0.4, 0.5) is 5.69 Å². The average molecular weight is 387 g/mol. The van der Waals surface area contributed by atoms with Gasteiger partial charge in [-0.3, -0.25) is 4.79 Å². The Hall–Kier alpha value is -2.70. The van der Waals surface area contributed by atoms with Crippen molar-refractivity contribution in [3.63, 3.8) is 0 Å². The summed E-state index contributed by atoms with van der Waals surface area (Å²) in [6.07, 6.45) is 0.684. The average Bonchev–Trinajstić information content (AvgIpc) is 3.12. The van der Waals surface area contributed by atoms with Gasteiger partial charge in [-0.05, 0) is 50.7 Å². The highest BCUT2D eigenvalue weighted by molar-refractivity contribution is 6.04. The van der Waals surface area contributed by atoms with Crippen LogP contribution in [0.1, 0.15) is 28.7 Å². The minimum absolute atomic E-state index is 0. The van der Waals surface area contributed by atoms with Crippen molar-refractivity contribution < 1.29 is 9.32 Å². The molecule has 0 saturated heterocycles. The normalized spacial score (nSPS) is 11.5. The van der Waals surface area contributed by atoms with Crippen molar-refractivity contribution in [2.75, 3.05) is 12.4 Å². The molecule has 6 nitrogen and oxygen atoms in total. The van der Waals surface area contributed by atoms with Gasteiger partial charge in [-0.1, -0.05) is 29.4 Å². The Bertz CT molecular complexity index is 896. The van der Waals surface area contributed by atoms with E-state index in [1.807, 2.05) is 50.4 Å². The first kappa shape index (κ1) is 20.6. The lowest BCUT2D eigenvalue weighted by Crippen LogP contribution is -2.24. The Morgan fingerprint density at radius 2 is 1.93 bits per heavy atom. The first-order valence-corrected chi connectivity index (χ1v) is 8.54. The van der Waals surface area contributed by atoms with Gasteiger partial charge >= 0.3 is 0 Å². The summed E-state index contributed by atoms with van der Waals surface area (Å²) in [6.45, 7) is 4.00. The zero-order chi connectivity index (χ0) is 18.5. The molecule has 1 aromatic heterocycles. The molecule has 142 valence electrons. The van der Waals surface area contributed by atoms with Crippen LogP contribution < -0.4 is 10.6 Å². The summed E-state index contributed by atoms with van der Waals surface area (Å²) in [5.41, 5.74) is 3.06. The first-order chi connectivity index (χ1) is 12.6. The second-order valence-electron chi connectivity index (χ2n) is 6.26. The summed E-state index contributed by atoms with van der Waals surface area (Å²) in [7, 11) is 1.90. The van der Waals surface area contributed by atoms with E-state index in [0.717, 1.165) is 16.8 Å². The molecular weight excluding hydrogens is 364 g/mol. The molecule has 3 rings (SSSR count). The number of halogens is 1. The summed E-state index contributed by atoms with van der Waals surface area (Å²) in [4.78, 5) is 16.8. The summed E-state index contributed by atoms with van der Waals surface area (Å²) in [5.74, 6) is 0.940. The highest BCUT2D eigenvalue weighted by atomic mass is 35.5. The fraction of sp³-hybridized carbons (Fsp3) is 0.250. The number of anilines is 1. The fourth-order valence-corrected chi connectivity index (χ4v) is 2.50. The third kappa shape index (κ3) is 5.15. The maximum atomic E-state index is 12.4. The second-order valence-corrected chi connectivity index (χ2v) is 6.26. The van der Waals surface area contributed by atoms with Crippen LogP contribution >= 0.6 is 12.4 Å². The largest absolute Gasteiger partial charge is 0.334 e. The van der Waals surface area contributed by atoms with Gasteiger partial charge < -0.3 is 15.2 Å². The Morgan fingerprint density at radius 3 is 2.63 bits per heavy atom. The zero-order valence-corrected chi connectivity index (χ0v) is 16.3. The summed E-state index contributed by atoms with van der Waals surface area (Å²) >= 11 is 0. The Balaban J connectivity index is 0.00000261. The number of rotatable bonds is 6. The van der Waals surface area contributed by atoms with Crippen LogP contribution in [0.25, 0.3) is 11.5 Å². The van der Waals surface area contributed by atoms with Crippen LogP contribution in [0.5, 0.6) is 0 Å². The molecule has 0 bridgehead atoms. The Morgan fingerprint density at radius 1 is 1.19 bits per heavy atom. The zero-order valence-electron chi connectivity index (χ0n) is 15.5. The number of benzene rings is 2. The number of nitrogens with zero attached hydrogens (tertiary/aromatic N) is 2. The number of aromatic nitrogens is 2. The number of hydrogen-bond donors (Lipinski definition) is 2. The maximum absolute atomic E-state index is 12.4. The van der Waals surface area contributed by atoms with Crippen molar-refractivity contribution in [3.8, 4) is 11.5 Å². The van der Waals surface area contributed by atoms with Crippen molar-refractivity contribution in [2.24, 2.45) is 0 Å². The van der Waals surface area contributed by atoms with E-state index in [1.54, 1.807) is 12.1 Å². The highest BCUT2D eigenvalue weighted by Gasteiger charge is 2.14. The van der Waals surface area contributed by atoms with Crippen LogP contribution in [0.3, 0.4) is 0 Å². The molecule has 0 saturated carbocycles. The molecule has 0 aliphatic heterocycles. The number of carbonyl (C=O) groups is 1. The molecule has 1 atom stereocenters. The molecule has 0 spiro atoms. The summed E-state index contributed by atoms with van der Waals surface area (Å²) < 4.78 is 5.38.